The monoisotopic (exact) mass is 1160 g/mol. The van der Waals surface area contributed by atoms with E-state index in [1.54, 1.807) is 42.5 Å². The second kappa shape index (κ2) is 26.0. The Labute approximate surface area is 482 Å². The van der Waals surface area contributed by atoms with Crippen molar-refractivity contribution in [2.45, 2.75) is 33.9 Å². The Morgan fingerprint density at radius 2 is 1.09 bits per heavy atom. The Morgan fingerprint density at radius 3 is 1.58 bits per heavy atom. The molecular weight excluding hydrogens is 1100 g/mol. The van der Waals surface area contributed by atoms with Crippen LogP contribution in [0.2, 0.25) is 0 Å². The number of carbonyl (C=O) groups excluding carboxylic acids is 2. The summed E-state index contributed by atoms with van der Waals surface area (Å²) in [6.45, 7) is 6.74. The van der Waals surface area contributed by atoms with E-state index in [0.717, 1.165) is 28.1 Å². The lowest BCUT2D eigenvalue weighted by molar-refractivity contribution is -0.256. The van der Waals surface area contributed by atoms with E-state index >= 15 is 0 Å². The fourth-order valence-corrected chi connectivity index (χ4v) is 9.44. The zero-order chi connectivity index (χ0) is 61.4. The van der Waals surface area contributed by atoms with Crippen LogP contribution >= 0.6 is 0 Å². The molecule has 0 spiro atoms. The number of hydrogen-bond acceptors (Lipinski definition) is 12. The number of carboxylic acids is 4. The van der Waals surface area contributed by atoms with Crippen molar-refractivity contribution in [2.24, 2.45) is 5.11 Å². The van der Waals surface area contributed by atoms with E-state index in [0.29, 0.717) is 88.9 Å². The number of carboxylic acid groups (broad SMARTS) is 4. The predicted octanol–water partition coefficient (Wildman–Crippen LogP) is 4.10. The molecule has 2 aliphatic carbocycles. The molecule has 434 valence electrons. The third kappa shape index (κ3) is 13.1. The van der Waals surface area contributed by atoms with E-state index in [4.69, 9.17) is 44.5 Å². The molecule has 0 aromatic heterocycles. The van der Waals surface area contributed by atoms with Gasteiger partial charge in [0.25, 0.3) is 11.8 Å². The summed E-state index contributed by atoms with van der Waals surface area (Å²) in [5.41, 5.74) is 26.0. The summed E-state index contributed by atoms with van der Waals surface area (Å²) in [6.07, 6.45) is -1.03. The Kier molecular flexibility index (Phi) is 18.5. The van der Waals surface area contributed by atoms with Crippen LogP contribution in [0, 0.1) is 27.7 Å². The first kappa shape index (κ1) is 60.3. The van der Waals surface area contributed by atoms with Gasteiger partial charge in [0.05, 0.1) is 52.2 Å². The number of aryl methyl sites for hydroxylation is 2. The van der Waals surface area contributed by atoms with Crippen molar-refractivity contribution < 1.29 is 94.5 Å². The number of amides is 2. The molecule has 24 nitrogen and oxygen atoms in total. The minimum atomic E-state index is -1.18. The molecule has 1 atom stereocenters. The minimum absolute atomic E-state index is 0.000342. The second-order valence-corrected chi connectivity index (χ2v) is 19.5. The van der Waals surface area contributed by atoms with Gasteiger partial charge >= 0.3 is 23.9 Å². The molecule has 0 saturated heterocycles. The summed E-state index contributed by atoms with van der Waals surface area (Å²) in [4.78, 5) is 75.7. The van der Waals surface area contributed by atoms with Gasteiger partial charge in [0.15, 0.2) is 6.23 Å². The maximum Gasteiger partial charge on any atom is 0.336 e. The minimum Gasteiger partial charge on any atom is -0.491 e. The van der Waals surface area contributed by atoms with Gasteiger partial charge in [-0.1, -0.05) is 11.2 Å². The number of carbonyl (C=O) groups is 6. The molecule has 0 bridgehead atoms. The highest BCUT2D eigenvalue weighted by atomic mass is 16.6. The van der Waals surface area contributed by atoms with E-state index in [2.05, 4.69) is 32.1 Å². The third-order valence-electron chi connectivity index (χ3n) is 14.1. The summed E-state index contributed by atoms with van der Waals surface area (Å²) in [7, 11) is 0. The number of fused-ring (bicyclic) bond motifs is 4. The number of quaternary nitrogens is 2. The lowest BCUT2D eigenvalue weighted by Gasteiger charge is -2.19. The first-order valence-electron chi connectivity index (χ1n) is 26.1. The van der Waals surface area contributed by atoms with Crippen LogP contribution in [-0.4, -0.2) is 102 Å². The molecule has 9 rings (SSSR count). The molecule has 16 N–H and O–H groups in total. The topological polar surface area (TPSA) is 417 Å². The van der Waals surface area contributed by atoms with Crippen molar-refractivity contribution in [2.75, 3.05) is 39.5 Å². The van der Waals surface area contributed by atoms with Gasteiger partial charge in [0, 0.05) is 86.4 Å². The van der Waals surface area contributed by atoms with Crippen molar-refractivity contribution in [3.05, 3.63) is 180 Å². The van der Waals surface area contributed by atoms with E-state index in [9.17, 15) is 44.1 Å². The van der Waals surface area contributed by atoms with Crippen molar-refractivity contribution in [1.29, 1.82) is 0 Å². The summed E-state index contributed by atoms with van der Waals surface area (Å²) in [5, 5.41) is 61.8. The molecule has 2 heterocycles. The molecule has 0 saturated carbocycles. The molecule has 24 heteroatoms. The quantitative estimate of drug-likeness (QED) is 0.0169. The maximum atomic E-state index is 13.4. The van der Waals surface area contributed by atoms with E-state index in [-0.39, 0.29) is 60.7 Å². The van der Waals surface area contributed by atoms with Crippen LogP contribution in [-0.2, 0) is 14.3 Å². The largest absolute Gasteiger partial charge is 0.491 e. The zero-order valence-electron chi connectivity index (χ0n) is 46.4. The Balaban J connectivity index is 0.000000262. The van der Waals surface area contributed by atoms with Gasteiger partial charge in [-0.25, -0.2) is 19.2 Å². The number of ether oxygens (including phenoxy) is 3. The zero-order valence-corrected chi connectivity index (χ0v) is 46.4. The van der Waals surface area contributed by atoms with Crippen molar-refractivity contribution in [3.8, 4) is 50.7 Å². The Morgan fingerprint density at radius 1 is 0.600 bits per heavy atom. The van der Waals surface area contributed by atoms with Crippen LogP contribution in [0.3, 0.4) is 0 Å². The molecule has 1 unspecified atom stereocenters. The predicted molar refractivity (Wildman–Crippen MR) is 306 cm³/mol. The fraction of sp³-hybridized carbons (Fsp3) is 0.180. The van der Waals surface area contributed by atoms with Crippen molar-refractivity contribution in [1.82, 2.24) is 10.6 Å². The molecule has 2 aliphatic heterocycles. The summed E-state index contributed by atoms with van der Waals surface area (Å²) in [5.74, 6) is -4.24. The number of azide groups is 1. The number of aliphatic carboxylic acids is 1. The molecule has 5 aromatic carbocycles. The first-order chi connectivity index (χ1) is 40.6. The summed E-state index contributed by atoms with van der Waals surface area (Å²) >= 11 is 0. The summed E-state index contributed by atoms with van der Waals surface area (Å²) in [6, 6.07) is 28.8. The summed E-state index contributed by atoms with van der Waals surface area (Å²) < 4.78 is 28.5. The van der Waals surface area contributed by atoms with Gasteiger partial charge in [0.2, 0.25) is 10.7 Å². The average molecular weight is 1160 g/mol. The number of aromatic carboxylic acids is 3. The van der Waals surface area contributed by atoms with Crippen molar-refractivity contribution >= 4 is 69.0 Å². The number of rotatable bonds is 20. The van der Waals surface area contributed by atoms with Crippen LogP contribution in [0.4, 0.5) is 11.4 Å². The molecule has 2 amide bonds. The lowest BCUT2D eigenvalue weighted by atomic mass is 9.88. The van der Waals surface area contributed by atoms with Gasteiger partial charge < -0.3 is 65.6 Å². The number of nitrogens with zero attached hydrogens (tertiary/aromatic N) is 3. The van der Waals surface area contributed by atoms with Crippen LogP contribution in [0.1, 0.15) is 74.0 Å². The molecular formula is C61H59N9O15+4. The Bertz CT molecular complexity index is 4280. The highest BCUT2D eigenvalue weighted by Crippen LogP contribution is 2.45. The SMILES string of the molecule is Cc1c2oc3c(C)c([NH3+])ccc3c(-c3cc(C(=O)NCCNC(=O)c4cccc(OCC(N=[N+]=[N-])OCCOCC(=O)O)c4)ccc3C(=O)O)c-2ccc1=[NH2+].Cc1c2oc3c(C)c([NH3+])ccc3c(-c3cc(C(=O)O)ccc3C(=O)O)c-2ccc1=[NH2+]. The van der Waals surface area contributed by atoms with Gasteiger partial charge in [0.1, 0.15) is 53.0 Å². The Hall–Kier alpha value is -10.8. The molecule has 85 heavy (non-hydrogen) atoms. The van der Waals surface area contributed by atoms with Gasteiger partial charge in [-0.2, -0.15) is 0 Å². The maximum absolute atomic E-state index is 13.4. The average Bonchev–Trinajstić information content (AvgIpc) is 0.874. The van der Waals surface area contributed by atoms with Crippen LogP contribution in [0.15, 0.2) is 123 Å². The molecule has 0 radical (unpaired) electrons. The highest BCUT2D eigenvalue weighted by Gasteiger charge is 2.28. The van der Waals surface area contributed by atoms with E-state index in [1.807, 2.05) is 52.0 Å². The number of hydrogen-bond donors (Lipinski definition) is 10. The van der Waals surface area contributed by atoms with Crippen molar-refractivity contribution in [3.63, 3.8) is 0 Å². The highest BCUT2D eigenvalue weighted by molar-refractivity contribution is 6.11. The van der Waals surface area contributed by atoms with Gasteiger partial charge in [-0.15, -0.1) is 0 Å². The molecule has 4 aliphatic rings. The fourth-order valence-electron chi connectivity index (χ4n) is 9.44. The number of benzene rings is 7. The standard InChI is InChI=1S/C38H37N7O10.C23H18N2O5/c1-20-29(39)10-8-26-33(27-9-11-30(40)21(2)35(27)55-34(20)26)28-17-23(6-7-25(28)38(50)51)37(49)43-13-12-42-36(48)22-4-3-5-24(16-22)54-18-31(44-45-41)53-15-14-52-19-32(46)47;1-10-17(24)7-5-14-19(15-6-8-18(25)11(2)21(15)30-20(10)14)16-9-12(22(26)27)3-4-13(16)23(28)29/h3-11,16-17,31,39H,12-15,18-19,40H2,1-2H3,(H,42,48)(H,43,49)(H,46,47)(H,50,51);3-9,24H,25H2,1-2H3,(H,26,27)(H,28,29)/p+4. The smallest absolute Gasteiger partial charge is 0.336 e. The number of nitrogens with one attached hydrogen (secondary N) is 2. The first-order valence-corrected chi connectivity index (χ1v) is 26.1. The lowest BCUT2D eigenvalue weighted by Crippen LogP contribution is -2.46. The second-order valence-electron chi connectivity index (χ2n) is 19.5. The van der Waals surface area contributed by atoms with Gasteiger partial charge in [-0.05, 0) is 123 Å². The van der Waals surface area contributed by atoms with E-state index < -0.39 is 48.5 Å². The van der Waals surface area contributed by atoms with E-state index in [1.165, 1.54) is 42.5 Å². The normalized spacial score (nSPS) is 11.4. The number of nitrogens with two attached hydrogens (primary N) is 2. The van der Waals surface area contributed by atoms with Gasteiger partial charge in [-0.3, -0.25) is 20.4 Å². The third-order valence-corrected chi connectivity index (χ3v) is 14.1. The van der Waals surface area contributed by atoms with Crippen LogP contribution in [0.5, 0.6) is 5.75 Å². The van der Waals surface area contributed by atoms with Crippen LogP contribution < -0.4 is 48.4 Å². The van der Waals surface area contributed by atoms with Crippen LogP contribution in [0.25, 0.3) is 77.3 Å². The molecule has 0 fully saturated rings. The molecule has 5 aromatic rings.